The number of fused-ring (bicyclic) bond motifs is 1. The molecule has 0 aromatic carbocycles. The minimum atomic E-state index is -0.205. The number of hydrogen-bond donors (Lipinski definition) is 0. The average molecular weight is 279 g/mol. The van der Waals surface area contributed by atoms with Crippen molar-refractivity contribution in [3.05, 3.63) is 33.5 Å². The van der Waals surface area contributed by atoms with Gasteiger partial charge in [-0.15, -0.1) is 11.3 Å². The number of rotatable bonds is 4. The Bertz CT molecular complexity index is 478. The lowest BCUT2D eigenvalue weighted by Crippen LogP contribution is -2.33. The minimum Gasteiger partial charge on any atom is -0.466 e. The summed E-state index contributed by atoms with van der Waals surface area (Å²) in [6, 6.07) is 2.66. The molecule has 0 aliphatic carbocycles. The van der Waals surface area contributed by atoms with Crippen LogP contribution in [0.25, 0.3) is 0 Å². The maximum Gasteiger partial charge on any atom is 0.333 e. The lowest BCUT2D eigenvalue weighted by molar-refractivity contribution is -0.136. The Labute approximate surface area is 118 Å². The molecule has 2 heterocycles. The smallest absolute Gasteiger partial charge is 0.333 e. The third-order valence-electron chi connectivity index (χ3n) is 3.80. The van der Waals surface area contributed by atoms with Gasteiger partial charge in [-0.3, -0.25) is 4.90 Å². The first-order valence-corrected chi connectivity index (χ1v) is 7.63. The van der Waals surface area contributed by atoms with E-state index in [0.717, 1.165) is 31.5 Å². The number of thiophene rings is 1. The summed E-state index contributed by atoms with van der Waals surface area (Å²) in [4.78, 5) is 15.5. The molecule has 1 atom stereocenters. The van der Waals surface area contributed by atoms with Crippen molar-refractivity contribution in [2.45, 2.75) is 32.7 Å². The monoisotopic (exact) mass is 279 g/mol. The van der Waals surface area contributed by atoms with Crippen molar-refractivity contribution in [3.63, 3.8) is 0 Å². The van der Waals surface area contributed by atoms with Crippen LogP contribution < -0.4 is 0 Å². The van der Waals surface area contributed by atoms with E-state index in [1.54, 1.807) is 0 Å². The zero-order chi connectivity index (χ0) is 13.8. The van der Waals surface area contributed by atoms with Crippen LogP contribution in [0.15, 0.2) is 23.1 Å². The van der Waals surface area contributed by atoms with Crippen LogP contribution in [0.4, 0.5) is 0 Å². The molecule has 1 aliphatic rings. The van der Waals surface area contributed by atoms with Crippen LogP contribution in [0.1, 0.15) is 36.8 Å². The second-order valence-corrected chi connectivity index (χ2v) is 5.80. The number of ether oxygens (including phenoxy) is 1. The van der Waals surface area contributed by atoms with Crippen molar-refractivity contribution in [1.82, 2.24) is 4.90 Å². The maximum absolute atomic E-state index is 11.5. The Morgan fingerprint density at radius 3 is 3.11 bits per heavy atom. The van der Waals surface area contributed by atoms with Gasteiger partial charge in [0, 0.05) is 29.6 Å². The molecule has 0 amide bonds. The summed E-state index contributed by atoms with van der Waals surface area (Å²) in [5.74, 6) is -0.205. The third kappa shape index (κ3) is 3.07. The molecule has 2 rings (SSSR count). The predicted molar refractivity (Wildman–Crippen MR) is 78.4 cm³/mol. The second-order valence-electron chi connectivity index (χ2n) is 4.79. The van der Waals surface area contributed by atoms with E-state index in [0.29, 0.717) is 6.04 Å². The summed E-state index contributed by atoms with van der Waals surface area (Å²) in [5, 5.41) is 2.17. The van der Waals surface area contributed by atoms with Crippen LogP contribution in [0.5, 0.6) is 0 Å². The summed E-state index contributed by atoms with van der Waals surface area (Å²) in [7, 11) is 1.44. The van der Waals surface area contributed by atoms with E-state index in [1.807, 2.05) is 24.3 Å². The van der Waals surface area contributed by atoms with Gasteiger partial charge in [0.1, 0.15) is 0 Å². The van der Waals surface area contributed by atoms with Crippen LogP contribution in [0.2, 0.25) is 0 Å². The van der Waals surface area contributed by atoms with Gasteiger partial charge in [0.2, 0.25) is 0 Å². The Balaban J connectivity index is 2.05. The van der Waals surface area contributed by atoms with Gasteiger partial charge >= 0.3 is 5.97 Å². The molecule has 104 valence electrons. The fraction of sp³-hybridized carbons (Fsp3) is 0.533. The molecule has 0 spiro atoms. The van der Waals surface area contributed by atoms with Gasteiger partial charge in [0.05, 0.1) is 7.11 Å². The number of carbonyl (C=O) groups excluding carboxylic acids is 1. The fourth-order valence-corrected chi connectivity index (χ4v) is 3.50. The number of hydrogen-bond acceptors (Lipinski definition) is 4. The Hall–Kier alpha value is -1.13. The van der Waals surface area contributed by atoms with Crippen molar-refractivity contribution in [3.8, 4) is 0 Å². The van der Waals surface area contributed by atoms with Crippen molar-refractivity contribution in [2.75, 3.05) is 20.2 Å². The fourth-order valence-electron chi connectivity index (χ4n) is 2.54. The minimum absolute atomic E-state index is 0.205. The molecular formula is C15H21NO2S. The van der Waals surface area contributed by atoms with Gasteiger partial charge in [0.15, 0.2) is 0 Å². The van der Waals surface area contributed by atoms with E-state index in [4.69, 9.17) is 4.74 Å². The standard InChI is InChI=1S/C15H21NO2S/c1-4-12(15(17)18-3)5-8-16-9-6-14-13(11(16)2)7-10-19-14/h5,7,10-11H,4,6,8-9H2,1-3H3. The summed E-state index contributed by atoms with van der Waals surface area (Å²) in [6.07, 6.45) is 3.85. The summed E-state index contributed by atoms with van der Waals surface area (Å²) < 4.78 is 4.79. The van der Waals surface area contributed by atoms with Crippen LogP contribution in [0.3, 0.4) is 0 Å². The molecule has 0 N–H and O–H groups in total. The van der Waals surface area contributed by atoms with Crippen LogP contribution in [-0.2, 0) is 16.0 Å². The molecule has 1 aromatic rings. The van der Waals surface area contributed by atoms with E-state index in [2.05, 4.69) is 23.3 Å². The van der Waals surface area contributed by atoms with Crippen LogP contribution in [-0.4, -0.2) is 31.1 Å². The zero-order valence-electron chi connectivity index (χ0n) is 11.8. The molecule has 0 bridgehead atoms. The Morgan fingerprint density at radius 1 is 1.63 bits per heavy atom. The number of nitrogens with zero attached hydrogens (tertiary/aromatic N) is 1. The van der Waals surface area contributed by atoms with Gasteiger partial charge in [0.25, 0.3) is 0 Å². The lowest BCUT2D eigenvalue weighted by atomic mass is 10.0. The molecule has 0 saturated heterocycles. The highest BCUT2D eigenvalue weighted by atomic mass is 32.1. The van der Waals surface area contributed by atoms with Gasteiger partial charge in [-0.1, -0.05) is 13.0 Å². The first-order valence-electron chi connectivity index (χ1n) is 6.75. The van der Waals surface area contributed by atoms with Gasteiger partial charge < -0.3 is 4.74 Å². The molecular weight excluding hydrogens is 258 g/mol. The van der Waals surface area contributed by atoms with E-state index in [-0.39, 0.29) is 5.97 Å². The van der Waals surface area contributed by atoms with E-state index in [1.165, 1.54) is 17.6 Å². The quantitative estimate of drug-likeness (QED) is 0.626. The number of esters is 1. The highest BCUT2D eigenvalue weighted by molar-refractivity contribution is 7.10. The normalized spacial score (nSPS) is 20.2. The Kier molecular flexibility index (Phi) is 4.77. The largest absolute Gasteiger partial charge is 0.466 e. The molecule has 0 fully saturated rings. The molecule has 1 aromatic heterocycles. The van der Waals surface area contributed by atoms with Gasteiger partial charge in [-0.2, -0.15) is 0 Å². The zero-order valence-corrected chi connectivity index (χ0v) is 12.6. The summed E-state index contributed by atoms with van der Waals surface area (Å²) >= 11 is 1.85. The molecule has 1 unspecified atom stereocenters. The molecule has 1 aliphatic heterocycles. The number of carbonyl (C=O) groups is 1. The van der Waals surface area contributed by atoms with Gasteiger partial charge in [-0.25, -0.2) is 4.79 Å². The highest BCUT2D eigenvalue weighted by Gasteiger charge is 2.23. The van der Waals surface area contributed by atoms with Gasteiger partial charge in [-0.05, 0) is 36.8 Å². The first kappa shape index (κ1) is 14.3. The van der Waals surface area contributed by atoms with E-state index < -0.39 is 0 Å². The first-order chi connectivity index (χ1) is 9.17. The summed E-state index contributed by atoms with van der Waals surface area (Å²) in [6.45, 7) is 6.10. The predicted octanol–water partition coefficient (Wildman–Crippen LogP) is 3.18. The van der Waals surface area contributed by atoms with Crippen molar-refractivity contribution in [2.24, 2.45) is 0 Å². The number of methoxy groups -OCH3 is 1. The third-order valence-corrected chi connectivity index (χ3v) is 4.80. The van der Waals surface area contributed by atoms with E-state index >= 15 is 0 Å². The molecule has 3 nitrogen and oxygen atoms in total. The Morgan fingerprint density at radius 2 is 2.42 bits per heavy atom. The van der Waals surface area contributed by atoms with Crippen LogP contribution in [0, 0.1) is 0 Å². The van der Waals surface area contributed by atoms with Crippen molar-refractivity contribution in [1.29, 1.82) is 0 Å². The molecule has 0 radical (unpaired) electrons. The second kappa shape index (κ2) is 6.35. The highest BCUT2D eigenvalue weighted by Crippen LogP contribution is 2.32. The van der Waals surface area contributed by atoms with E-state index in [9.17, 15) is 4.79 Å². The van der Waals surface area contributed by atoms with Crippen molar-refractivity contribution < 1.29 is 9.53 Å². The van der Waals surface area contributed by atoms with Crippen LogP contribution >= 0.6 is 11.3 Å². The molecule has 4 heteroatoms. The topological polar surface area (TPSA) is 29.5 Å². The SMILES string of the molecule is CCC(=CCN1CCc2sccc2C1C)C(=O)OC. The molecule has 19 heavy (non-hydrogen) atoms. The lowest BCUT2D eigenvalue weighted by Gasteiger charge is -2.32. The maximum atomic E-state index is 11.5. The molecule has 0 saturated carbocycles. The summed E-state index contributed by atoms with van der Waals surface area (Å²) in [5.41, 5.74) is 2.21. The van der Waals surface area contributed by atoms with Crippen molar-refractivity contribution >= 4 is 17.3 Å². The average Bonchev–Trinajstić information content (AvgIpc) is 2.90.